The molecular weight excluding hydrogens is 158 g/mol. The summed E-state index contributed by atoms with van der Waals surface area (Å²) in [7, 11) is 1.22. The molecule has 0 heterocycles. The molecular formula is C8H11NO3. The highest BCUT2D eigenvalue weighted by Gasteiger charge is 2.13. The van der Waals surface area contributed by atoms with Gasteiger partial charge >= 0.3 is 5.97 Å². The van der Waals surface area contributed by atoms with E-state index in [1.54, 1.807) is 19.9 Å². The highest BCUT2D eigenvalue weighted by atomic mass is 16.5. The Morgan fingerprint density at radius 2 is 2.17 bits per heavy atom. The third kappa shape index (κ3) is 2.62. The summed E-state index contributed by atoms with van der Waals surface area (Å²) in [4.78, 5) is 10.9. The van der Waals surface area contributed by atoms with Crippen molar-refractivity contribution in [2.24, 2.45) is 0 Å². The van der Waals surface area contributed by atoms with E-state index in [1.807, 2.05) is 0 Å². The normalized spacial score (nSPS) is 11.2. The molecule has 0 spiro atoms. The molecule has 4 heteroatoms. The second-order valence-electron chi connectivity index (χ2n) is 1.97. The van der Waals surface area contributed by atoms with E-state index in [2.05, 4.69) is 4.74 Å². The fraction of sp³-hybridized carbons (Fsp3) is 0.500. The molecule has 0 rings (SSSR count). The number of allylic oxidation sites excluding steroid dienone is 1. The van der Waals surface area contributed by atoms with E-state index in [0.717, 1.165) is 0 Å². The van der Waals surface area contributed by atoms with Crippen molar-refractivity contribution in [2.75, 3.05) is 13.7 Å². The maximum Gasteiger partial charge on any atom is 0.352 e. The number of hydrogen-bond acceptors (Lipinski definition) is 4. The minimum atomic E-state index is -0.663. The first kappa shape index (κ1) is 10.5. The molecule has 0 aliphatic rings. The Balaban J connectivity index is 4.64. The Hall–Kier alpha value is -1.50. The van der Waals surface area contributed by atoms with Crippen molar-refractivity contribution in [3.8, 4) is 6.07 Å². The van der Waals surface area contributed by atoms with Crippen LogP contribution in [-0.2, 0) is 14.3 Å². The van der Waals surface area contributed by atoms with Crippen molar-refractivity contribution in [1.29, 1.82) is 5.26 Å². The van der Waals surface area contributed by atoms with Crippen LogP contribution >= 0.6 is 0 Å². The summed E-state index contributed by atoms with van der Waals surface area (Å²) < 4.78 is 9.35. The lowest BCUT2D eigenvalue weighted by atomic mass is 10.2. The van der Waals surface area contributed by atoms with Crippen LogP contribution in [0.2, 0.25) is 0 Å². The van der Waals surface area contributed by atoms with Crippen LogP contribution < -0.4 is 0 Å². The Morgan fingerprint density at radius 1 is 1.58 bits per heavy atom. The van der Waals surface area contributed by atoms with Crippen LogP contribution in [0.25, 0.3) is 0 Å². The topological polar surface area (TPSA) is 59.3 Å². The third-order valence-corrected chi connectivity index (χ3v) is 1.21. The maximum absolute atomic E-state index is 10.9. The molecule has 66 valence electrons. The van der Waals surface area contributed by atoms with Crippen molar-refractivity contribution in [1.82, 2.24) is 0 Å². The first-order valence-electron chi connectivity index (χ1n) is 3.49. The number of nitrogens with zero attached hydrogens (tertiary/aromatic N) is 1. The molecule has 0 N–H and O–H groups in total. The molecule has 0 aromatic carbocycles. The first-order chi connectivity index (χ1) is 5.67. The quantitative estimate of drug-likeness (QED) is 0.273. The largest absolute Gasteiger partial charge is 0.497 e. The van der Waals surface area contributed by atoms with Gasteiger partial charge in [-0.1, -0.05) is 0 Å². The lowest BCUT2D eigenvalue weighted by molar-refractivity contribution is -0.135. The van der Waals surface area contributed by atoms with Crippen LogP contribution in [0.5, 0.6) is 0 Å². The van der Waals surface area contributed by atoms with Gasteiger partial charge in [-0.2, -0.15) is 5.26 Å². The standard InChI is InChI=1S/C8H11NO3/c1-4-12-6(2)7(5-9)8(10)11-3/h4H2,1-3H3/b7-6-. The average molecular weight is 169 g/mol. The summed E-state index contributed by atoms with van der Waals surface area (Å²) >= 11 is 0. The molecule has 4 nitrogen and oxygen atoms in total. The van der Waals surface area contributed by atoms with E-state index in [-0.39, 0.29) is 5.57 Å². The van der Waals surface area contributed by atoms with Gasteiger partial charge in [0.15, 0.2) is 5.57 Å². The molecule has 0 radical (unpaired) electrons. The number of ether oxygens (including phenoxy) is 2. The van der Waals surface area contributed by atoms with E-state index in [1.165, 1.54) is 7.11 Å². The van der Waals surface area contributed by atoms with E-state index < -0.39 is 5.97 Å². The van der Waals surface area contributed by atoms with E-state index in [9.17, 15) is 4.79 Å². The van der Waals surface area contributed by atoms with E-state index >= 15 is 0 Å². The van der Waals surface area contributed by atoms with E-state index in [4.69, 9.17) is 10.00 Å². The fourth-order valence-electron chi connectivity index (χ4n) is 0.659. The molecule has 0 aromatic rings. The molecule has 0 saturated heterocycles. The van der Waals surface area contributed by atoms with Gasteiger partial charge in [0.2, 0.25) is 0 Å². The monoisotopic (exact) mass is 169 g/mol. The summed E-state index contributed by atoms with van der Waals surface area (Å²) in [5.41, 5.74) is -0.0839. The van der Waals surface area contributed by atoms with Gasteiger partial charge in [-0.25, -0.2) is 4.79 Å². The minimum absolute atomic E-state index is 0.0839. The van der Waals surface area contributed by atoms with Gasteiger partial charge in [0.1, 0.15) is 11.8 Å². The number of carbonyl (C=O) groups is 1. The number of nitriles is 1. The number of hydrogen-bond donors (Lipinski definition) is 0. The molecule has 0 aliphatic heterocycles. The first-order valence-corrected chi connectivity index (χ1v) is 3.49. The SMILES string of the molecule is CCO/C(C)=C(/C#N)C(=O)OC. The fourth-order valence-corrected chi connectivity index (χ4v) is 0.659. The van der Waals surface area contributed by atoms with Gasteiger partial charge in [0.25, 0.3) is 0 Å². The van der Waals surface area contributed by atoms with Gasteiger partial charge in [-0.05, 0) is 13.8 Å². The van der Waals surface area contributed by atoms with Crippen molar-refractivity contribution >= 4 is 5.97 Å². The highest BCUT2D eigenvalue weighted by molar-refractivity contribution is 5.93. The number of rotatable bonds is 3. The average Bonchev–Trinajstić information content (AvgIpc) is 2.06. The predicted molar refractivity (Wildman–Crippen MR) is 42.0 cm³/mol. The summed E-state index contributed by atoms with van der Waals surface area (Å²) in [5, 5.41) is 8.54. The Bertz CT molecular complexity index is 237. The van der Waals surface area contributed by atoms with Crippen molar-refractivity contribution in [2.45, 2.75) is 13.8 Å². The Morgan fingerprint density at radius 3 is 2.50 bits per heavy atom. The smallest absolute Gasteiger partial charge is 0.352 e. The lowest BCUT2D eigenvalue weighted by Gasteiger charge is -2.03. The van der Waals surface area contributed by atoms with Crippen LogP contribution in [0.3, 0.4) is 0 Å². The van der Waals surface area contributed by atoms with Crippen LogP contribution in [-0.4, -0.2) is 19.7 Å². The zero-order chi connectivity index (χ0) is 9.56. The van der Waals surface area contributed by atoms with Gasteiger partial charge in [0, 0.05) is 0 Å². The minimum Gasteiger partial charge on any atom is -0.497 e. The number of esters is 1. The zero-order valence-corrected chi connectivity index (χ0v) is 7.38. The molecule has 0 amide bonds. The molecule has 0 bridgehead atoms. The molecule has 0 aliphatic carbocycles. The lowest BCUT2D eigenvalue weighted by Crippen LogP contribution is -2.06. The van der Waals surface area contributed by atoms with Gasteiger partial charge in [0.05, 0.1) is 13.7 Å². The van der Waals surface area contributed by atoms with Crippen molar-refractivity contribution < 1.29 is 14.3 Å². The Kier molecular flexibility index (Phi) is 4.54. The molecule has 0 saturated carbocycles. The second kappa shape index (κ2) is 5.19. The molecule has 0 aromatic heterocycles. The third-order valence-electron chi connectivity index (χ3n) is 1.21. The van der Waals surface area contributed by atoms with Gasteiger partial charge in [-0.3, -0.25) is 0 Å². The summed E-state index contributed by atoms with van der Waals surface area (Å²) in [6.45, 7) is 3.75. The van der Waals surface area contributed by atoms with Crippen LogP contribution in [0.15, 0.2) is 11.3 Å². The Labute approximate surface area is 71.4 Å². The number of methoxy groups -OCH3 is 1. The van der Waals surface area contributed by atoms with Crippen LogP contribution in [0.4, 0.5) is 0 Å². The van der Waals surface area contributed by atoms with Crippen LogP contribution in [0, 0.1) is 11.3 Å². The zero-order valence-electron chi connectivity index (χ0n) is 7.38. The summed E-state index contributed by atoms with van der Waals surface area (Å²) in [5.74, 6) is -0.365. The summed E-state index contributed by atoms with van der Waals surface area (Å²) in [6.07, 6.45) is 0. The van der Waals surface area contributed by atoms with Crippen molar-refractivity contribution in [3.63, 3.8) is 0 Å². The van der Waals surface area contributed by atoms with Gasteiger partial charge in [-0.15, -0.1) is 0 Å². The predicted octanol–water partition coefficient (Wildman–Crippen LogP) is 0.993. The maximum atomic E-state index is 10.9. The van der Waals surface area contributed by atoms with E-state index in [0.29, 0.717) is 12.4 Å². The number of carbonyl (C=O) groups excluding carboxylic acids is 1. The second-order valence-corrected chi connectivity index (χ2v) is 1.97. The molecule has 0 unspecified atom stereocenters. The summed E-state index contributed by atoms with van der Waals surface area (Å²) in [6, 6.07) is 1.72. The molecule has 12 heavy (non-hydrogen) atoms. The van der Waals surface area contributed by atoms with Gasteiger partial charge < -0.3 is 9.47 Å². The van der Waals surface area contributed by atoms with Crippen LogP contribution in [0.1, 0.15) is 13.8 Å². The molecule has 0 atom stereocenters. The van der Waals surface area contributed by atoms with Crippen molar-refractivity contribution in [3.05, 3.63) is 11.3 Å². The highest BCUT2D eigenvalue weighted by Crippen LogP contribution is 2.05. The molecule has 0 fully saturated rings.